The first kappa shape index (κ1) is 14.7. The molecule has 5 nitrogen and oxygen atoms in total. The van der Waals surface area contributed by atoms with E-state index in [0.717, 1.165) is 29.4 Å². The predicted molar refractivity (Wildman–Crippen MR) is 79.8 cm³/mol. The Labute approximate surface area is 119 Å². The van der Waals surface area contributed by atoms with Gasteiger partial charge in [0, 0.05) is 37.7 Å². The van der Waals surface area contributed by atoms with Crippen LogP contribution < -0.4 is 10.5 Å². The largest absolute Gasteiger partial charge is 0.481 e. The number of nitrogens with zero attached hydrogens (tertiary/aromatic N) is 3. The second kappa shape index (κ2) is 6.15. The van der Waals surface area contributed by atoms with Crippen molar-refractivity contribution in [2.45, 2.75) is 25.9 Å². The summed E-state index contributed by atoms with van der Waals surface area (Å²) in [6.45, 7) is 5.97. The van der Waals surface area contributed by atoms with E-state index in [1.165, 1.54) is 5.75 Å². The molecule has 19 heavy (non-hydrogen) atoms. The van der Waals surface area contributed by atoms with Crippen molar-refractivity contribution in [2.75, 3.05) is 31.7 Å². The maximum absolute atomic E-state index is 6.06. The van der Waals surface area contributed by atoms with Gasteiger partial charge in [-0.1, -0.05) is 0 Å². The van der Waals surface area contributed by atoms with Crippen LogP contribution in [-0.4, -0.2) is 52.4 Å². The van der Waals surface area contributed by atoms with Crippen LogP contribution in [0.5, 0.6) is 5.88 Å². The Morgan fingerprint density at radius 2 is 2.32 bits per heavy atom. The van der Waals surface area contributed by atoms with Gasteiger partial charge < -0.3 is 10.5 Å². The monoisotopic (exact) mass is 284 g/mol. The van der Waals surface area contributed by atoms with Gasteiger partial charge in [0.15, 0.2) is 0 Å². The van der Waals surface area contributed by atoms with Gasteiger partial charge in [-0.25, -0.2) is 4.68 Å². The molecule has 2 unspecified atom stereocenters. The van der Waals surface area contributed by atoms with Crippen LogP contribution in [0, 0.1) is 6.92 Å². The minimum atomic E-state index is 0.194. The fourth-order valence-electron chi connectivity index (χ4n) is 2.90. The lowest BCUT2D eigenvalue weighted by atomic mass is 10.0. The van der Waals surface area contributed by atoms with E-state index in [0.29, 0.717) is 12.6 Å². The summed E-state index contributed by atoms with van der Waals surface area (Å²) in [5.41, 5.74) is 8.22. The van der Waals surface area contributed by atoms with Gasteiger partial charge in [-0.3, -0.25) is 4.90 Å². The highest BCUT2D eigenvalue weighted by Crippen LogP contribution is 2.34. The van der Waals surface area contributed by atoms with Crippen LogP contribution in [0.25, 0.3) is 0 Å². The molecule has 2 atom stereocenters. The van der Waals surface area contributed by atoms with Crippen LogP contribution in [0.1, 0.15) is 24.2 Å². The minimum Gasteiger partial charge on any atom is -0.481 e. The van der Waals surface area contributed by atoms with Gasteiger partial charge in [-0.05, 0) is 13.8 Å². The molecule has 0 amide bonds. The van der Waals surface area contributed by atoms with E-state index in [2.05, 4.69) is 16.9 Å². The molecule has 108 valence electrons. The Hall–Kier alpha value is -0.720. The van der Waals surface area contributed by atoms with Gasteiger partial charge in [0.2, 0.25) is 5.88 Å². The number of thioether (sulfide) groups is 1. The van der Waals surface area contributed by atoms with Crippen LogP contribution in [0.3, 0.4) is 0 Å². The summed E-state index contributed by atoms with van der Waals surface area (Å²) in [6.07, 6.45) is 0. The van der Waals surface area contributed by atoms with Crippen LogP contribution in [0.15, 0.2) is 0 Å². The molecule has 1 aromatic heterocycles. The van der Waals surface area contributed by atoms with Crippen molar-refractivity contribution in [3.05, 3.63) is 11.3 Å². The van der Waals surface area contributed by atoms with Gasteiger partial charge in [-0.2, -0.15) is 16.9 Å². The number of nitrogens with two attached hydrogens (primary N) is 1. The molecule has 6 heteroatoms. The van der Waals surface area contributed by atoms with E-state index in [-0.39, 0.29) is 6.04 Å². The Morgan fingerprint density at radius 1 is 1.58 bits per heavy atom. The van der Waals surface area contributed by atoms with Gasteiger partial charge in [0.25, 0.3) is 0 Å². The predicted octanol–water partition coefficient (Wildman–Crippen LogP) is 1.17. The van der Waals surface area contributed by atoms with Crippen LogP contribution >= 0.6 is 11.8 Å². The van der Waals surface area contributed by atoms with E-state index in [4.69, 9.17) is 10.5 Å². The fourth-order valence-corrected chi connectivity index (χ4v) is 3.94. The van der Waals surface area contributed by atoms with Crippen molar-refractivity contribution in [3.8, 4) is 5.88 Å². The number of rotatable bonds is 4. The van der Waals surface area contributed by atoms with Crippen molar-refractivity contribution in [3.63, 3.8) is 0 Å². The molecular formula is C13H24N4OS. The summed E-state index contributed by atoms with van der Waals surface area (Å²) in [5.74, 6) is 3.17. The first-order valence-electron chi connectivity index (χ1n) is 6.71. The Bertz CT molecular complexity index is 435. The highest BCUT2D eigenvalue weighted by atomic mass is 32.2. The number of aryl methyl sites for hydroxylation is 2. The van der Waals surface area contributed by atoms with Gasteiger partial charge in [0.1, 0.15) is 0 Å². The molecule has 0 saturated carbocycles. The smallest absolute Gasteiger partial charge is 0.216 e. The molecule has 1 aliphatic rings. The molecule has 2 rings (SSSR count). The van der Waals surface area contributed by atoms with E-state index >= 15 is 0 Å². The van der Waals surface area contributed by atoms with Gasteiger partial charge >= 0.3 is 0 Å². The Balaban J connectivity index is 2.36. The van der Waals surface area contributed by atoms with E-state index in [1.54, 1.807) is 11.8 Å². The molecule has 1 aromatic rings. The third-order valence-corrected chi connectivity index (χ3v) is 4.97. The average Bonchev–Trinajstić information content (AvgIpc) is 2.67. The number of aromatic nitrogens is 2. The van der Waals surface area contributed by atoms with Crippen molar-refractivity contribution in [1.29, 1.82) is 0 Å². The van der Waals surface area contributed by atoms with Crippen molar-refractivity contribution in [1.82, 2.24) is 14.7 Å². The first-order chi connectivity index (χ1) is 9.10. The van der Waals surface area contributed by atoms with Crippen LogP contribution in [0.4, 0.5) is 0 Å². The summed E-state index contributed by atoms with van der Waals surface area (Å²) < 4.78 is 7.32. The third-order valence-electron chi connectivity index (χ3n) is 3.78. The maximum atomic E-state index is 6.06. The molecule has 0 aliphatic carbocycles. The van der Waals surface area contributed by atoms with Gasteiger partial charge in [-0.15, -0.1) is 0 Å². The zero-order chi connectivity index (χ0) is 14.0. The highest BCUT2D eigenvalue weighted by molar-refractivity contribution is 7.99. The van der Waals surface area contributed by atoms with E-state index < -0.39 is 0 Å². The summed E-state index contributed by atoms with van der Waals surface area (Å²) in [7, 11) is 3.61. The summed E-state index contributed by atoms with van der Waals surface area (Å²) in [5, 5.41) is 4.47. The van der Waals surface area contributed by atoms with Crippen LogP contribution in [0.2, 0.25) is 0 Å². The lowest BCUT2D eigenvalue weighted by molar-refractivity contribution is 0.162. The molecule has 1 fully saturated rings. The number of ether oxygens (including phenoxy) is 1. The number of methoxy groups -OCH3 is 1. The lowest BCUT2D eigenvalue weighted by Crippen LogP contribution is -2.45. The van der Waals surface area contributed by atoms with Crippen molar-refractivity contribution < 1.29 is 4.74 Å². The molecular weight excluding hydrogens is 260 g/mol. The van der Waals surface area contributed by atoms with Crippen LogP contribution in [-0.2, 0) is 7.05 Å². The van der Waals surface area contributed by atoms with E-state index in [9.17, 15) is 0 Å². The lowest BCUT2D eigenvalue weighted by Gasteiger charge is -2.39. The number of hydrogen-bond acceptors (Lipinski definition) is 5. The second-order valence-corrected chi connectivity index (χ2v) is 6.20. The molecule has 0 bridgehead atoms. The minimum absolute atomic E-state index is 0.194. The molecule has 1 saturated heterocycles. The van der Waals surface area contributed by atoms with Gasteiger partial charge in [0.05, 0.1) is 24.4 Å². The standard InChI is InChI=1S/C13H24N4OS/c1-9-8-19-6-5-17(9)11(7-14)12-10(2)15-16(3)13(12)18-4/h9,11H,5-8,14H2,1-4H3. The third kappa shape index (κ3) is 2.75. The van der Waals surface area contributed by atoms with Crippen molar-refractivity contribution >= 4 is 11.8 Å². The highest BCUT2D eigenvalue weighted by Gasteiger charge is 2.31. The zero-order valence-corrected chi connectivity index (χ0v) is 13.0. The number of hydrogen-bond donors (Lipinski definition) is 1. The molecule has 0 radical (unpaired) electrons. The summed E-state index contributed by atoms with van der Waals surface area (Å²) in [4.78, 5) is 2.49. The first-order valence-corrected chi connectivity index (χ1v) is 7.86. The molecule has 2 N–H and O–H groups in total. The fraction of sp³-hybridized carbons (Fsp3) is 0.769. The average molecular weight is 284 g/mol. The summed E-state index contributed by atoms with van der Waals surface area (Å²) >= 11 is 2.01. The summed E-state index contributed by atoms with van der Waals surface area (Å²) in [6, 6.07) is 0.733. The Kier molecular flexibility index (Phi) is 4.76. The normalized spacial score (nSPS) is 22.5. The zero-order valence-electron chi connectivity index (χ0n) is 12.2. The van der Waals surface area contributed by atoms with Crippen molar-refractivity contribution in [2.24, 2.45) is 12.8 Å². The molecule has 1 aliphatic heterocycles. The quantitative estimate of drug-likeness (QED) is 0.899. The SMILES string of the molecule is COc1c(C(CN)N2CCSCC2C)c(C)nn1C. The maximum Gasteiger partial charge on any atom is 0.216 e. The second-order valence-electron chi connectivity index (χ2n) is 5.05. The topological polar surface area (TPSA) is 56.3 Å². The molecule has 0 aromatic carbocycles. The van der Waals surface area contributed by atoms with E-state index in [1.807, 2.05) is 25.7 Å². The molecule has 0 spiro atoms. The molecule has 2 heterocycles. The Morgan fingerprint density at radius 3 is 2.89 bits per heavy atom.